The van der Waals surface area contributed by atoms with E-state index in [-0.39, 0.29) is 19.1 Å². The van der Waals surface area contributed by atoms with Crippen molar-refractivity contribution in [3.8, 4) is 22.9 Å². The number of methoxy groups -OCH3 is 2. The number of nitrogens with one attached hydrogen (secondary N) is 1. The van der Waals surface area contributed by atoms with Crippen molar-refractivity contribution >= 4 is 52.3 Å². The van der Waals surface area contributed by atoms with Gasteiger partial charge in [0.1, 0.15) is 23.9 Å². The third-order valence-electron chi connectivity index (χ3n) is 5.31. The van der Waals surface area contributed by atoms with E-state index in [9.17, 15) is 9.59 Å². The van der Waals surface area contributed by atoms with Gasteiger partial charge in [-0.2, -0.15) is 5.10 Å². The summed E-state index contributed by atoms with van der Waals surface area (Å²) in [6.07, 6.45) is 1.50. The minimum Gasteiger partial charge on any atom is -0.497 e. The van der Waals surface area contributed by atoms with Crippen LogP contribution in [0.4, 0.5) is 0 Å². The highest BCUT2D eigenvalue weighted by molar-refractivity contribution is 6.42. The molecule has 0 aliphatic heterocycles. The second kappa shape index (κ2) is 11.8. The number of halogens is 2. The number of hydrazone groups is 1. The van der Waals surface area contributed by atoms with Crippen LogP contribution in [-0.2, 0) is 20.9 Å². The molecule has 9 nitrogen and oxygen atoms in total. The number of hydrogen-bond acceptors (Lipinski definition) is 7. The van der Waals surface area contributed by atoms with Crippen molar-refractivity contribution < 1.29 is 23.8 Å². The highest BCUT2D eigenvalue weighted by atomic mass is 35.5. The van der Waals surface area contributed by atoms with Crippen LogP contribution < -0.4 is 14.9 Å². The Morgan fingerprint density at radius 2 is 1.68 bits per heavy atom. The molecule has 0 atom stereocenters. The molecule has 1 amide bonds. The van der Waals surface area contributed by atoms with Crippen molar-refractivity contribution in [1.82, 2.24) is 15.0 Å². The van der Waals surface area contributed by atoms with Crippen molar-refractivity contribution in [2.24, 2.45) is 5.10 Å². The molecule has 4 rings (SSSR count). The van der Waals surface area contributed by atoms with Crippen molar-refractivity contribution in [2.75, 3.05) is 20.8 Å². The molecule has 0 fully saturated rings. The zero-order valence-electron chi connectivity index (χ0n) is 19.9. The summed E-state index contributed by atoms with van der Waals surface area (Å²) in [7, 11) is 2.88. The molecule has 3 aromatic carbocycles. The Kier molecular flexibility index (Phi) is 8.27. The molecule has 1 N–H and O–H groups in total. The lowest BCUT2D eigenvalue weighted by atomic mass is 10.2. The average molecular weight is 541 g/mol. The largest absolute Gasteiger partial charge is 0.497 e. The van der Waals surface area contributed by atoms with Crippen molar-refractivity contribution in [1.29, 1.82) is 0 Å². The maximum absolute atomic E-state index is 12.8. The molecule has 0 aliphatic carbocycles. The molecule has 0 bridgehead atoms. The Labute approximate surface area is 222 Å². The van der Waals surface area contributed by atoms with Gasteiger partial charge < -0.3 is 18.8 Å². The molecule has 0 spiro atoms. The van der Waals surface area contributed by atoms with Crippen molar-refractivity contribution in [2.45, 2.75) is 6.54 Å². The maximum Gasteiger partial charge on any atom is 0.343 e. The molecule has 190 valence electrons. The Morgan fingerprint density at radius 3 is 2.35 bits per heavy atom. The van der Waals surface area contributed by atoms with Crippen LogP contribution in [0.5, 0.6) is 11.5 Å². The highest BCUT2D eigenvalue weighted by Gasteiger charge is 2.17. The summed E-state index contributed by atoms with van der Waals surface area (Å²) in [6, 6.07) is 17.5. The van der Waals surface area contributed by atoms with E-state index in [0.29, 0.717) is 38.4 Å². The van der Waals surface area contributed by atoms with Crippen LogP contribution in [-0.4, -0.2) is 48.5 Å². The number of benzene rings is 3. The molecule has 0 radical (unpaired) electrons. The monoisotopic (exact) mass is 540 g/mol. The van der Waals surface area contributed by atoms with Gasteiger partial charge in [0.05, 0.1) is 41.5 Å². The lowest BCUT2D eigenvalue weighted by Crippen LogP contribution is -2.23. The number of nitrogens with zero attached hydrogens (tertiary/aromatic N) is 3. The van der Waals surface area contributed by atoms with Gasteiger partial charge in [-0.15, -0.1) is 0 Å². The van der Waals surface area contributed by atoms with E-state index in [1.807, 2.05) is 24.3 Å². The van der Waals surface area contributed by atoms with Gasteiger partial charge in [0.25, 0.3) is 5.91 Å². The van der Waals surface area contributed by atoms with Gasteiger partial charge in [-0.3, -0.25) is 4.79 Å². The molecule has 0 saturated carbocycles. The summed E-state index contributed by atoms with van der Waals surface area (Å²) in [4.78, 5) is 28.6. The SMILES string of the molecule is COC(=O)COc1ccc(C=NNC(=O)Cn2c(-c3ccc(OC)cc3)nc3cc(Cl)c(Cl)cc32)cc1. The Bertz CT molecular complexity index is 1450. The second-order valence-corrected chi connectivity index (χ2v) is 8.55. The Balaban J connectivity index is 1.49. The van der Waals surface area contributed by atoms with E-state index in [4.69, 9.17) is 32.7 Å². The van der Waals surface area contributed by atoms with Crippen LogP contribution in [0.1, 0.15) is 5.56 Å². The first-order valence-corrected chi connectivity index (χ1v) is 11.7. The standard InChI is InChI=1S/C26H22Cl2N4O5/c1-35-18-9-5-17(6-10-18)26-30-22-11-20(27)21(28)12-23(22)32(26)14-24(33)31-29-13-16-3-7-19(8-4-16)37-15-25(34)36-2/h3-13H,14-15H2,1-2H3,(H,31,33). The number of hydrogen-bond donors (Lipinski definition) is 1. The lowest BCUT2D eigenvalue weighted by Gasteiger charge is -2.09. The number of aromatic nitrogens is 2. The fourth-order valence-corrected chi connectivity index (χ4v) is 3.77. The molecule has 37 heavy (non-hydrogen) atoms. The van der Waals surface area contributed by atoms with Gasteiger partial charge in [0, 0.05) is 5.56 Å². The summed E-state index contributed by atoms with van der Waals surface area (Å²) in [6.45, 7) is -0.244. The number of fused-ring (bicyclic) bond motifs is 1. The Hall–Kier alpha value is -4.08. The molecule has 1 aromatic heterocycles. The zero-order valence-corrected chi connectivity index (χ0v) is 21.4. The van der Waals surface area contributed by atoms with Gasteiger partial charge in [-0.1, -0.05) is 23.2 Å². The number of amides is 1. The first-order chi connectivity index (χ1) is 17.9. The van der Waals surface area contributed by atoms with E-state index < -0.39 is 5.97 Å². The predicted molar refractivity (Wildman–Crippen MR) is 141 cm³/mol. The minimum atomic E-state index is -0.473. The van der Waals surface area contributed by atoms with E-state index in [1.54, 1.807) is 48.1 Å². The molecule has 0 saturated heterocycles. The van der Waals surface area contributed by atoms with Crippen molar-refractivity contribution in [3.63, 3.8) is 0 Å². The van der Waals surface area contributed by atoms with E-state index in [0.717, 1.165) is 11.1 Å². The number of ether oxygens (including phenoxy) is 3. The van der Waals surface area contributed by atoms with Crippen molar-refractivity contribution in [3.05, 3.63) is 76.3 Å². The fourth-order valence-electron chi connectivity index (χ4n) is 3.45. The van der Waals surface area contributed by atoms with Gasteiger partial charge in [0.2, 0.25) is 0 Å². The van der Waals surface area contributed by atoms with Crippen LogP contribution in [0, 0.1) is 0 Å². The number of imidazole rings is 1. The van der Waals surface area contributed by atoms with Crippen LogP contribution >= 0.6 is 23.2 Å². The average Bonchev–Trinajstić information content (AvgIpc) is 3.24. The smallest absolute Gasteiger partial charge is 0.343 e. The van der Waals surface area contributed by atoms with Crippen LogP contribution in [0.3, 0.4) is 0 Å². The van der Waals surface area contributed by atoms with Crippen LogP contribution in [0.25, 0.3) is 22.4 Å². The summed E-state index contributed by atoms with van der Waals surface area (Å²) < 4.78 is 16.8. The zero-order chi connectivity index (χ0) is 26.4. The topological polar surface area (TPSA) is 104 Å². The molecule has 1 heterocycles. The summed E-state index contributed by atoms with van der Waals surface area (Å²) >= 11 is 12.4. The summed E-state index contributed by atoms with van der Waals surface area (Å²) in [5.74, 6) is 0.933. The predicted octanol–water partition coefficient (Wildman–Crippen LogP) is 4.72. The molecule has 11 heteroatoms. The lowest BCUT2D eigenvalue weighted by molar-refractivity contribution is -0.142. The van der Waals surface area contributed by atoms with Gasteiger partial charge >= 0.3 is 5.97 Å². The normalized spacial score (nSPS) is 11.0. The summed E-state index contributed by atoms with van der Waals surface area (Å²) in [5.41, 5.74) is 5.30. The molecule has 4 aromatic rings. The van der Waals surface area contributed by atoms with E-state index >= 15 is 0 Å². The first kappa shape index (κ1) is 26.0. The number of esters is 1. The van der Waals surface area contributed by atoms with Gasteiger partial charge in [-0.05, 0) is 66.2 Å². The Morgan fingerprint density at radius 1 is 1.00 bits per heavy atom. The van der Waals surface area contributed by atoms with E-state index in [2.05, 4.69) is 20.2 Å². The highest BCUT2D eigenvalue weighted by Crippen LogP contribution is 2.32. The van der Waals surface area contributed by atoms with E-state index in [1.165, 1.54) is 13.3 Å². The van der Waals surface area contributed by atoms with Crippen LogP contribution in [0.2, 0.25) is 10.0 Å². The third kappa shape index (κ3) is 6.38. The summed E-state index contributed by atoms with van der Waals surface area (Å²) in [5, 5.41) is 4.77. The third-order valence-corrected chi connectivity index (χ3v) is 6.03. The molecular weight excluding hydrogens is 519 g/mol. The second-order valence-electron chi connectivity index (χ2n) is 7.73. The van der Waals surface area contributed by atoms with Crippen LogP contribution in [0.15, 0.2) is 65.8 Å². The van der Waals surface area contributed by atoms with Gasteiger partial charge in [0.15, 0.2) is 6.61 Å². The first-order valence-electron chi connectivity index (χ1n) is 11.0. The van der Waals surface area contributed by atoms with Gasteiger partial charge in [-0.25, -0.2) is 15.2 Å². The number of rotatable bonds is 9. The molecular formula is C26H22Cl2N4O5. The number of carbonyl (C=O) groups excluding carboxylic acids is 2. The minimum absolute atomic E-state index is 0.0620. The molecule has 0 unspecified atom stereocenters. The number of carbonyl (C=O) groups is 2. The maximum atomic E-state index is 12.8. The fraction of sp³-hybridized carbons (Fsp3) is 0.154. The molecule has 0 aliphatic rings. The quantitative estimate of drug-likeness (QED) is 0.187.